The molecule has 0 saturated carbocycles. The number of nitrogens with zero attached hydrogens (tertiary/aromatic N) is 2. The molecule has 21 heavy (non-hydrogen) atoms. The molecular weight excluding hydrogens is 264 g/mol. The number of carbonyl (C=O) groups is 1. The molecule has 0 radical (unpaired) electrons. The summed E-state index contributed by atoms with van der Waals surface area (Å²) in [6, 6.07) is 8.21. The van der Waals surface area contributed by atoms with E-state index in [9.17, 15) is 4.79 Å². The average Bonchev–Trinajstić information content (AvgIpc) is 2.92. The normalized spacial score (nSPS) is 17.7. The first-order chi connectivity index (χ1) is 10.1. The Labute approximate surface area is 125 Å². The van der Waals surface area contributed by atoms with Gasteiger partial charge in [-0.2, -0.15) is 0 Å². The van der Waals surface area contributed by atoms with E-state index in [0.29, 0.717) is 18.2 Å². The zero-order valence-electron chi connectivity index (χ0n) is 12.7. The first-order valence-corrected chi connectivity index (χ1v) is 7.53. The number of benzene rings is 1. The van der Waals surface area contributed by atoms with Gasteiger partial charge in [-0.1, -0.05) is 18.2 Å². The predicted molar refractivity (Wildman–Crippen MR) is 83.7 cm³/mol. The summed E-state index contributed by atoms with van der Waals surface area (Å²) in [4.78, 5) is 17.1. The van der Waals surface area contributed by atoms with Gasteiger partial charge in [0.05, 0.1) is 12.1 Å². The number of likely N-dealkylation sites (tertiary alicyclic amines) is 1. The molecule has 0 atom stereocenters. The van der Waals surface area contributed by atoms with E-state index in [2.05, 4.69) is 23.9 Å². The minimum atomic E-state index is 0.140. The fourth-order valence-electron chi connectivity index (χ4n) is 3.07. The summed E-state index contributed by atoms with van der Waals surface area (Å²) < 4.78 is 5.47. The third-order valence-corrected chi connectivity index (χ3v) is 4.49. The van der Waals surface area contributed by atoms with Crippen LogP contribution in [-0.2, 0) is 0 Å². The molecule has 4 nitrogen and oxygen atoms in total. The highest BCUT2D eigenvalue weighted by atomic mass is 16.3. The number of furan rings is 1. The maximum absolute atomic E-state index is 12.5. The van der Waals surface area contributed by atoms with Gasteiger partial charge in [-0.3, -0.25) is 9.69 Å². The zero-order chi connectivity index (χ0) is 14.8. The van der Waals surface area contributed by atoms with E-state index < -0.39 is 0 Å². The zero-order valence-corrected chi connectivity index (χ0v) is 12.7. The number of Topliss-reactive ketones (excluding diaryl/α,β-unsaturated/α-hetero) is 1. The Morgan fingerprint density at radius 3 is 2.81 bits per heavy atom. The van der Waals surface area contributed by atoms with Crippen molar-refractivity contribution >= 4 is 16.8 Å². The molecule has 3 rings (SSSR count). The highest BCUT2D eigenvalue weighted by Gasteiger charge is 2.23. The van der Waals surface area contributed by atoms with Gasteiger partial charge in [-0.25, -0.2) is 0 Å². The van der Waals surface area contributed by atoms with Crippen LogP contribution in [0.25, 0.3) is 11.0 Å². The lowest BCUT2D eigenvalue weighted by Crippen LogP contribution is -2.43. The quantitative estimate of drug-likeness (QED) is 0.810. The van der Waals surface area contributed by atoms with Crippen LogP contribution in [0.3, 0.4) is 0 Å². The molecule has 1 aromatic heterocycles. The van der Waals surface area contributed by atoms with Crippen molar-refractivity contribution < 1.29 is 9.21 Å². The van der Waals surface area contributed by atoms with Gasteiger partial charge < -0.3 is 9.32 Å². The number of fused-ring (bicyclic) bond motifs is 1. The Morgan fingerprint density at radius 2 is 2.05 bits per heavy atom. The Hall–Kier alpha value is -1.65. The molecule has 0 amide bonds. The molecule has 1 aromatic carbocycles. The largest absolute Gasteiger partial charge is 0.464 e. The molecule has 4 heteroatoms. The van der Waals surface area contributed by atoms with Crippen molar-refractivity contribution in [2.75, 3.05) is 33.7 Å². The van der Waals surface area contributed by atoms with Gasteiger partial charge in [-0.05, 0) is 46.1 Å². The van der Waals surface area contributed by atoms with E-state index >= 15 is 0 Å². The second kappa shape index (κ2) is 6.00. The van der Waals surface area contributed by atoms with Crippen molar-refractivity contribution in [3.8, 4) is 0 Å². The smallest absolute Gasteiger partial charge is 0.180 e. The van der Waals surface area contributed by atoms with Crippen LogP contribution in [0.15, 0.2) is 34.9 Å². The summed E-state index contributed by atoms with van der Waals surface area (Å²) >= 11 is 0. The third-order valence-electron chi connectivity index (χ3n) is 4.49. The van der Waals surface area contributed by atoms with Crippen LogP contribution in [0.1, 0.15) is 23.2 Å². The van der Waals surface area contributed by atoms with Crippen LogP contribution in [0, 0.1) is 0 Å². The van der Waals surface area contributed by atoms with Crippen LogP contribution < -0.4 is 0 Å². The lowest BCUT2D eigenvalue weighted by atomic mass is 10.0. The maximum atomic E-state index is 12.5. The molecule has 1 fully saturated rings. The first-order valence-electron chi connectivity index (χ1n) is 7.53. The van der Waals surface area contributed by atoms with Crippen LogP contribution in [-0.4, -0.2) is 55.4 Å². The highest BCUT2D eigenvalue weighted by Crippen LogP contribution is 2.22. The molecule has 2 aromatic rings. The van der Waals surface area contributed by atoms with Crippen molar-refractivity contribution in [2.24, 2.45) is 0 Å². The number of para-hydroxylation sites is 1. The standard InChI is InChI=1S/C17H22N2O2/c1-18-9-7-13(8-10-18)19(2)11-16(20)15-12-21-17-6-4-3-5-14(15)17/h3-6,12-13H,7-11H2,1-2H3. The van der Waals surface area contributed by atoms with Crippen molar-refractivity contribution in [3.63, 3.8) is 0 Å². The lowest BCUT2D eigenvalue weighted by Gasteiger charge is -2.34. The molecule has 1 aliphatic heterocycles. The monoisotopic (exact) mass is 286 g/mol. The summed E-state index contributed by atoms with van der Waals surface area (Å²) in [6.45, 7) is 2.67. The molecule has 2 heterocycles. The molecular formula is C17H22N2O2. The van der Waals surface area contributed by atoms with Gasteiger partial charge in [0.2, 0.25) is 0 Å². The lowest BCUT2D eigenvalue weighted by molar-refractivity contribution is 0.0872. The summed E-state index contributed by atoms with van der Waals surface area (Å²) in [6.07, 6.45) is 3.86. The number of carbonyl (C=O) groups excluding carboxylic acids is 1. The molecule has 0 spiro atoms. The van der Waals surface area contributed by atoms with Crippen molar-refractivity contribution in [2.45, 2.75) is 18.9 Å². The van der Waals surface area contributed by atoms with E-state index in [1.807, 2.05) is 24.3 Å². The molecule has 0 N–H and O–H groups in total. The van der Waals surface area contributed by atoms with Gasteiger partial charge >= 0.3 is 0 Å². The second-order valence-electron chi connectivity index (χ2n) is 6.02. The van der Waals surface area contributed by atoms with Crippen LogP contribution in [0.2, 0.25) is 0 Å². The van der Waals surface area contributed by atoms with E-state index in [0.717, 1.165) is 36.9 Å². The van der Waals surface area contributed by atoms with Gasteiger partial charge in [0.1, 0.15) is 11.8 Å². The Bertz CT molecular complexity index is 627. The predicted octanol–water partition coefficient (Wildman–Crippen LogP) is 2.64. The number of piperidine rings is 1. The van der Waals surface area contributed by atoms with Crippen molar-refractivity contribution in [1.29, 1.82) is 0 Å². The number of hydrogen-bond acceptors (Lipinski definition) is 4. The minimum Gasteiger partial charge on any atom is -0.464 e. The molecule has 1 saturated heterocycles. The summed E-state index contributed by atoms with van der Waals surface area (Å²) in [5.74, 6) is 0.140. The fraction of sp³-hybridized carbons (Fsp3) is 0.471. The fourth-order valence-corrected chi connectivity index (χ4v) is 3.07. The third kappa shape index (κ3) is 3.01. The van der Waals surface area contributed by atoms with Gasteiger partial charge in [0.25, 0.3) is 0 Å². The minimum absolute atomic E-state index is 0.140. The maximum Gasteiger partial charge on any atom is 0.180 e. The van der Waals surface area contributed by atoms with Crippen LogP contribution in [0.4, 0.5) is 0 Å². The van der Waals surface area contributed by atoms with E-state index in [-0.39, 0.29) is 5.78 Å². The number of hydrogen-bond donors (Lipinski definition) is 0. The number of rotatable bonds is 4. The van der Waals surface area contributed by atoms with E-state index in [4.69, 9.17) is 4.42 Å². The molecule has 112 valence electrons. The molecule has 0 aliphatic carbocycles. The van der Waals surface area contributed by atoms with Crippen molar-refractivity contribution in [3.05, 3.63) is 36.1 Å². The SMILES string of the molecule is CN1CCC(N(C)CC(=O)c2coc3ccccc23)CC1. The second-order valence-corrected chi connectivity index (χ2v) is 6.02. The average molecular weight is 286 g/mol. The number of likely N-dealkylation sites (N-methyl/N-ethyl adjacent to an activating group) is 1. The molecule has 0 unspecified atom stereocenters. The first kappa shape index (κ1) is 14.3. The van der Waals surface area contributed by atoms with E-state index in [1.54, 1.807) is 6.26 Å². The summed E-state index contributed by atoms with van der Waals surface area (Å²) in [5, 5.41) is 0.916. The van der Waals surface area contributed by atoms with Crippen molar-refractivity contribution in [1.82, 2.24) is 9.80 Å². The molecule has 0 bridgehead atoms. The Kier molecular flexibility index (Phi) is 4.08. The Morgan fingerprint density at radius 1 is 1.33 bits per heavy atom. The number of ketones is 1. The van der Waals surface area contributed by atoms with Crippen LogP contribution in [0.5, 0.6) is 0 Å². The summed E-state index contributed by atoms with van der Waals surface area (Å²) in [5.41, 5.74) is 1.48. The highest BCUT2D eigenvalue weighted by molar-refractivity contribution is 6.08. The van der Waals surface area contributed by atoms with Gasteiger partial charge in [0, 0.05) is 11.4 Å². The van der Waals surface area contributed by atoms with Gasteiger partial charge in [-0.15, -0.1) is 0 Å². The van der Waals surface area contributed by atoms with Gasteiger partial charge in [0.15, 0.2) is 5.78 Å². The topological polar surface area (TPSA) is 36.7 Å². The Balaban J connectivity index is 1.68. The van der Waals surface area contributed by atoms with E-state index in [1.165, 1.54) is 0 Å². The molecule has 1 aliphatic rings. The van der Waals surface area contributed by atoms with Crippen LogP contribution >= 0.6 is 0 Å². The summed E-state index contributed by atoms with van der Waals surface area (Å²) in [7, 11) is 4.20.